The van der Waals surface area contributed by atoms with Crippen LogP contribution >= 0.6 is 15.9 Å². The van der Waals surface area contributed by atoms with E-state index in [4.69, 9.17) is 0 Å². The number of aliphatic hydroxyl groups is 1. The number of halogens is 4. The molecule has 3 nitrogen and oxygen atoms in total. The number of rotatable bonds is 5. The summed E-state index contributed by atoms with van der Waals surface area (Å²) in [4.78, 5) is 11.8. The number of amides is 1. The number of hydrogen-bond donors (Lipinski definition) is 2. The van der Waals surface area contributed by atoms with Gasteiger partial charge in [0.25, 0.3) is 5.91 Å². The van der Waals surface area contributed by atoms with Crippen molar-refractivity contribution >= 4 is 21.8 Å². The molecular formula is C13H15BrF3NO2. The first-order chi connectivity index (χ1) is 9.25. The Morgan fingerprint density at radius 3 is 2.65 bits per heavy atom. The largest absolute Gasteiger partial charge is 0.417 e. The molecule has 0 heterocycles. The van der Waals surface area contributed by atoms with Crippen LogP contribution < -0.4 is 5.32 Å². The number of aliphatic hydroxyl groups excluding tert-OH is 1. The monoisotopic (exact) mass is 353 g/mol. The highest BCUT2D eigenvalue weighted by atomic mass is 79.9. The van der Waals surface area contributed by atoms with Crippen molar-refractivity contribution in [1.82, 2.24) is 5.32 Å². The minimum absolute atomic E-state index is 0.0694. The fourth-order valence-corrected chi connectivity index (χ4v) is 2.05. The zero-order chi connectivity index (χ0) is 15.3. The Kier molecular flexibility index (Phi) is 6.01. The van der Waals surface area contributed by atoms with E-state index in [0.717, 1.165) is 18.6 Å². The number of alkyl halides is 3. The summed E-state index contributed by atoms with van der Waals surface area (Å²) in [5.74, 6) is -0.847. The van der Waals surface area contributed by atoms with Gasteiger partial charge in [-0.05, 0) is 24.6 Å². The van der Waals surface area contributed by atoms with Gasteiger partial charge in [-0.1, -0.05) is 29.3 Å². The molecular weight excluding hydrogens is 339 g/mol. The first-order valence-electron chi connectivity index (χ1n) is 6.08. The van der Waals surface area contributed by atoms with E-state index in [1.165, 1.54) is 6.07 Å². The lowest BCUT2D eigenvalue weighted by Crippen LogP contribution is -2.33. The van der Waals surface area contributed by atoms with Gasteiger partial charge < -0.3 is 10.4 Å². The van der Waals surface area contributed by atoms with Crippen molar-refractivity contribution in [1.29, 1.82) is 0 Å². The normalized spacial score (nSPS) is 13.1. The third-order valence-electron chi connectivity index (χ3n) is 2.65. The molecule has 1 amide bonds. The molecule has 1 aromatic rings. The van der Waals surface area contributed by atoms with Crippen molar-refractivity contribution in [2.75, 3.05) is 6.54 Å². The summed E-state index contributed by atoms with van der Waals surface area (Å²) < 4.78 is 38.8. The molecule has 0 saturated carbocycles. The third-order valence-corrected chi connectivity index (χ3v) is 3.15. The molecule has 0 aliphatic heterocycles. The second-order valence-electron chi connectivity index (χ2n) is 4.34. The number of hydrogen-bond acceptors (Lipinski definition) is 2. The highest BCUT2D eigenvalue weighted by Crippen LogP contribution is 2.33. The SMILES string of the molecule is CCCC(O)CNC(=O)c1ccc(Br)cc1C(F)(F)F. The van der Waals surface area contributed by atoms with Gasteiger partial charge in [-0.25, -0.2) is 0 Å². The van der Waals surface area contributed by atoms with Crippen LogP contribution in [-0.4, -0.2) is 23.7 Å². The van der Waals surface area contributed by atoms with Crippen LogP contribution in [0.5, 0.6) is 0 Å². The van der Waals surface area contributed by atoms with E-state index in [1.807, 2.05) is 6.92 Å². The molecule has 0 aromatic heterocycles. The second kappa shape index (κ2) is 7.08. The van der Waals surface area contributed by atoms with E-state index in [2.05, 4.69) is 21.2 Å². The summed E-state index contributed by atoms with van der Waals surface area (Å²) in [6, 6.07) is 3.33. The zero-order valence-corrected chi connectivity index (χ0v) is 12.4. The minimum atomic E-state index is -4.61. The Labute approximate surface area is 123 Å². The first-order valence-corrected chi connectivity index (χ1v) is 6.88. The highest BCUT2D eigenvalue weighted by Gasteiger charge is 2.35. The van der Waals surface area contributed by atoms with E-state index in [9.17, 15) is 23.1 Å². The highest BCUT2D eigenvalue weighted by molar-refractivity contribution is 9.10. The third kappa shape index (κ3) is 4.79. The molecule has 1 atom stereocenters. The first kappa shape index (κ1) is 17.0. The Balaban J connectivity index is 2.88. The standard InChI is InChI=1S/C13H15BrF3NO2/c1-2-3-9(19)7-18-12(20)10-5-4-8(14)6-11(10)13(15,16)17/h4-6,9,19H,2-3,7H2,1H3,(H,18,20). The maximum Gasteiger partial charge on any atom is 0.417 e. The van der Waals surface area contributed by atoms with Crippen molar-refractivity contribution in [2.24, 2.45) is 0 Å². The van der Waals surface area contributed by atoms with Gasteiger partial charge in [-0.3, -0.25) is 4.79 Å². The van der Waals surface area contributed by atoms with Gasteiger partial charge in [-0.2, -0.15) is 13.2 Å². The van der Waals surface area contributed by atoms with Crippen molar-refractivity contribution < 1.29 is 23.1 Å². The molecule has 0 fully saturated rings. The topological polar surface area (TPSA) is 49.3 Å². The van der Waals surface area contributed by atoms with Crippen molar-refractivity contribution in [3.8, 4) is 0 Å². The number of carbonyl (C=O) groups is 1. The molecule has 2 N–H and O–H groups in total. The van der Waals surface area contributed by atoms with Gasteiger partial charge >= 0.3 is 6.18 Å². The van der Waals surface area contributed by atoms with Crippen LogP contribution in [0.1, 0.15) is 35.7 Å². The van der Waals surface area contributed by atoms with Crippen LogP contribution in [0.2, 0.25) is 0 Å². The molecule has 112 valence electrons. The molecule has 20 heavy (non-hydrogen) atoms. The molecule has 0 spiro atoms. The molecule has 1 rings (SSSR count). The smallest absolute Gasteiger partial charge is 0.391 e. The van der Waals surface area contributed by atoms with Crippen LogP contribution in [0.15, 0.2) is 22.7 Å². The molecule has 1 aromatic carbocycles. The Morgan fingerprint density at radius 1 is 1.45 bits per heavy atom. The second-order valence-corrected chi connectivity index (χ2v) is 5.26. The quantitative estimate of drug-likeness (QED) is 0.852. The van der Waals surface area contributed by atoms with Gasteiger partial charge in [0.2, 0.25) is 0 Å². The van der Waals surface area contributed by atoms with Crippen LogP contribution in [0, 0.1) is 0 Å². The maximum absolute atomic E-state index is 12.9. The van der Waals surface area contributed by atoms with E-state index < -0.39 is 29.3 Å². The van der Waals surface area contributed by atoms with E-state index in [0.29, 0.717) is 6.42 Å². The average Bonchev–Trinajstić information content (AvgIpc) is 2.35. The average molecular weight is 354 g/mol. The molecule has 1 unspecified atom stereocenters. The van der Waals surface area contributed by atoms with E-state index in [1.54, 1.807) is 0 Å². The fraction of sp³-hybridized carbons (Fsp3) is 0.462. The molecule has 0 bridgehead atoms. The molecule has 0 radical (unpaired) electrons. The predicted octanol–water partition coefficient (Wildman–Crippen LogP) is 3.36. The fourth-order valence-electron chi connectivity index (χ4n) is 1.69. The Hall–Kier alpha value is -1.08. The molecule has 0 saturated heterocycles. The Bertz CT molecular complexity index is 477. The summed E-state index contributed by atoms with van der Waals surface area (Å²) in [5, 5.41) is 11.8. The van der Waals surface area contributed by atoms with Crippen molar-refractivity contribution in [3.63, 3.8) is 0 Å². The lowest BCUT2D eigenvalue weighted by Gasteiger charge is -2.15. The van der Waals surface area contributed by atoms with E-state index >= 15 is 0 Å². The van der Waals surface area contributed by atoms with Crippen molar-refractivity contribution in [3.05, 3.63) is 33.8 Å². The summed E-state index contributed by atoms with van der Waals surface area (Å²) in [6.45, 7) is 1.79. The minimum Gasteiger partial charge on any atom is -0.391 e. The van der Waals surface area contributed by atoms with Crippen LogP contribution in [-0.2, 0) is 6.18 Å². The van der Waals surface area contributed by atoms with Gasteiger partial charge in [-0.15, -0.1) is 0 Å². The maximum atomic E-state index is 12.9. The van der Waals surface area contributed by atoms with Gasteiger partial charge in [0, 0.05) is 11.0 Å². The summed E-state index contributed by atoms with van der Waals surface area (Å²) in [6.07, 6.45) is -4.16. The van der Waals surface area contributed by atoms with Crippen LogP contribution in [0.25, 0.3) is 0 Å². The molecule has 0 aliphatic carbocycles. The zero-order valence-electron chi connectivity index (χ0n) is 10.8. The molecule has 7 heteroatoms. The van der Waals surface area contributed by atoms with Gasteiger partial charge in [0.15, 0.2) is 0 Å². The van der Waals surface area contributed by atoms with Crippen molar-refractivity contribution in [2.45, 2.75) is 32.0 Å². The summed E-state index contributed by atoms with van der Waals surface area (Å²) in [7, 11) is 0. The van der Waals surface area contributed by atoms with E-state index in [-0.39, 0.29) is 11.0 Å². The summed E-state index contributed by atoms with van der Waals surface area (Å²) in [5.41, 5.74) is -1.46. The van der Waals surface area contributed by atoms with Gasteiger partial charge in [0.1, 0.15) is 0 Å². The van der Waals surface area contributed by atoms with Crippen LogP contribution in [0.4, 0.5) is 13.2 Å². The Morgan fingerprint density at radius 2 is 2.10 bits per heavy atom. The lowest BCUT2D eigenvalue weighted by molar-refractivity contribution is -0.138. The number of carbonyl (C=O) groups excluding carboxylic acids is 1. The van der Waals surface area contributed by atoms with Gasteiger partial charge in [0.05, 0.1) is 17.2 Å². The summed E-state index contributed by atoms with van der Waals surface area (Å²) >= 11 is 2.95. The molecule has 0 aliphatic rings. The number of nitrogens with one attached hydrogen (secondary N) is 1. The lowest BCUT2D eigenvalue weighted by atomic mass is 10.1. The predicted molar refractivity (Wildman–Crippen MR) is 72.4 cm³/mol. The van der Waals surface area contributed by atoms with Crippen LogP contribution in [0.3, 0.4) is 0 Å². The number of benzene rings is 1.